The molecule has 0 spiro atoms. The molecule has 0 atom stereocenters. The van der Waals surface area contributed by atoms with Gasteiger partial charge in [-0.15, -0.1) is 0 Å². The number of unbranched alkanes of at least 4 members (excludes halogenated alkanes) is 3. The van der Waals surface area contributed by atoms with Gasteiger partial charge in [-0.05, 0) is 48.5 Å². The number of aromatic nitrogens is 8. The SMILES string of the molecule is Brc1cnc(-c2ccccc2)nc1Nc1cc(C2CC2)[nH]n1.C/C=C/c1cnc(-c2ccccc2)nc1Nc1cc(C2CC2)[nH]n1.C/C=[CH]/[Sn]([CH2]CCC)([CH2]CCC)[CH2]CCC. The van der Waals surface area contributed by atoms with E-state index in [0.717, 1.165) is 38.6 Å². The van der Waals surface area contributed by atoms with E-state index in [1.807, 2.05) is 85.9 Å². The summed E-state index contributed by atoms with van der Waals surface area (Å²) in [5, 5.41) is 21.4. The molecule has 326 valence electrons. The van der Waals surface area contributed by atoms with Gasteiger partial charge < -0.3 is 10.6 Å². The molecule has 4 aromatic heterocycles. The van der Waals surface area contributed by atoms with Gasteiger partial charge in [-0.3, -0.25) is 10.2 Å². The van der Waals surface area contributed by atoms with Crippen LogP contribution in [0.1, 0.15) is 128 Å². The molecular formula is C50H65BrN10Sn. The van der Waals surface area contributed by atoms with Crippen molar-refractivity contribution in [2.24, 2.45) is 0 Å². The molecule has 10 nitrogen and oxygen atoms in total. The van der Waals surface area contributed by atoms with E-state index in [1.165, 1.54) is 75.6 Å². The van der Waals surface area contributed by atoms with Gasteiger partial charge in [0.25, 0.3) is 0 Å². The first kappa shape index (κ1) is 46.9. The van der Waals surface area contributed by atoms with E-state index in [-0.39, 0.29) is 0 Å². The molecule has 2 saturated carbocycles. The van der Waals surface area contributed by atoms with Crippen LogP contribution in [-0.4, -0.2) is 58.7 Å². The van der Waals surface area contributed by atoms with Gasteiger partial charge in [-0.2, -0.15) is 10.2 Å². The van der Waals surface area contributed by atoms with E-state index in [1.54, 1.807) is 19.5 Å². The third-order valence-electron chi connectivity index (χ3n) is 11.3. The number of aromatic amines is 2. The second kappa shape index (κ2) is 24.3. The number of allylic oxidation sites excluding steroid dienone is 2. The van der Waals surface area contributed by atoms with E-state index in [9.17, 15) is 0 Å². The Morgan fingerprint density at radius 1 is 0.645 bits per heavy atom. The van der Waals surface area contributed by atoms with Crippen molar-refractivity contribution >= 4 is 63.7 Å². The zero-order valence-corrected chi connectivity index (χ0v) is 41.7. The normalized spacial score (nSPS) is 13.7. The third kappa shape index (κ3) is 14.2. The molecule has 0 aliphatic heterocycles. The van der Waals surface area contributed by atoms with E-state index < -0.39 is 18.4 Å². The molecule has 0 unspecified atom stereocenters. The summed E-state index contributed by atoms with van der Waals surface area (Å²) >= 11 is 1.64. The Bertz CT molecular complexity index is 2280. The summed E-state index contributed by atoms with van der Waals surface area (Å²) in [6.45, 7) is 11.2. The number of hydrogen-bond acceptors (Lipinski definition) is 8. The number of benzene rings is 2. The summed E-state index contributed by atoms with van der Waals surface area (Å²) in [6, 6.07) is 24.0. The Labute approximate surface area is 381 Å². The van der Waals surface area contributed by atoms with Crippen molar-refractivity contribution in [2.75, 3.05) is 10.6 Å². The van der Waals surface area contributed by atoms with Gasteiger partial charge in [0.1, 0.15) is 11.6 Å². The summed E-state index contributed by atoms with van der Waals surface area (Å²) in [5.74, 6) is 5.72. The third-order valence-corrected chi connectivity index (χ3v) is 26.4. The molecule has 4 heterocycles. The predicted octanol–water partition coefficient (Wildman–Crippen LogP) is 14.7. The molecule has 0 bridgehead atoms. The van der Waals surface area contributed by atoms with Crippen LogP contribution in [0.15, 0.2) is 106 Å². The summed E-state index contributed by atoms with van der Waals surface area (Å²) in [4.78, 5) is 18.1. The fourth-order valence-corrected chi connectivity index (χ4v) is 22.4. The quantitative estimate of drug-likeness (QED) is 0.0590. The molecule has 0 amide bonds. The van der Waals surface area contributed by atoms with Gasteiger partial charge in [0, 0.05) is 64.4 Å². The Balaban J connectivity index is 0.000000159. The van der Waals surface area contributed by atoms with Crippen molar-refractivity contribution in [1.29, 1.82) is 0 Å². The minimum absolute atomic E-state index is 0.647. The number of nitrogens with one attached hydrogen (secondary N) is 4. The zero-order chi connectivity index (χ0) is 43.6. The van der Waals surface area contributed by atoms with E-state index in [4.69, 9.17) is 4.98 Å². The number of nitrogens with zero attached hydrogens (tertiary/aromatic N) is 6. The van der Waals surface area contributed by atoms with Gasteiger partial charge >= 0.3 is 108 Å². The molecule has 0 radical (unpaired) electrons. The first-order valence-corrected chi connectivity index (χ1v) is 31.3. The van der Waals surface area contributed by atoms with Crippen molar-refractivity contribution in [3.8, 4) is 22.8 Å². The van der Waals surface area contributed by atoms with Crippen LogP contribution in [-0.2, 0) is 0 Å². The summed E-state index contributed by atoms with van der Waals surface area (Å²) in [5.41, 5.74) is 5.30. The van der Waals surface area contributed by atoms with Crippen LogP contribution >= 0.6 is 15.9 Å². The van der Waals surface area contributed by atoms with E-state index >= 15 is 0 Å². The van der Waals surface area contributed by atoms with Crippen LogP contribution in [0, 0.1) is 0 Å². The minimum atomic E-state index is -1.84. The van der Waals surface area contributed by atoms with Crippen LogP contribution in [0.2, 0.25) is 13.3 Å². The molecule has 2 fully saturated rings. The zero-order valence-electron chi connectivity index (χ0n) is 37.3. The van der Waals surface area contributed by atoms with Gasteiger partial charge in [0.15, 0.2) is 23.3 Å². The maximum absolute atomic E-state index is 4.70. The topological polar surface area (TPSA) is 133 Å². The van der Waals surface area contributed by atoms with Crippen LogP contribution in [0.5, 0.6) is 0 Å². The summed E-state index contributed by atoms with van der Waals surface area (Å²) in [7, 11) is 0. The monoisotopic (exact) mass is 1000 g/mol. The molecule has 12 heteroatoms. The van der Waals surface area contributed by atoms with Crippen molar-refractivity contribution in [3.05, 3.63) is 123 Å². The fraction of sp³-hybridized carbons (Fsp3) is 0.400. The van der Waals surface area contributed by atoms with Gasteiger partial charge in [-0.25, -0.2) is 19.9 Å². The molecule has 6 aromatic rings. The van der Waals surface area contributed by atoms with E-state index in [2.05, 4.69) is 112 Å². The Morgan fingerprint density at radius 3 is 1.56 bits per heavy atom. The first-order valence-electron chi connectivity index (χ1n) is 22.8. The Morgan fingerprint density at radius 2 is 1.11 bits per heavy atom. The van der Waals surface area contributed by atoms with E-state index in [0.29, 0.717) is 29.3 Å². The predicted molar refractivity (Wildman–Crippen MR) is 265 cm³/mol. The molecule has 0 saturated heterocycles. The number of halogens is 1. The van der Waals surface area contributed by atoms with Gasteiger partial charge in [0.2, 0.25) is 0 Å². The van der Waals surface area contributed by atoms with Crippen molar-refractivity contribution in [1.82, 2.24) is 40.3 Å². The van der Waals surface area contributed by atoms with Crippen LogP contribution in [0.3, 0.4) is 0 Å². The number of rotatable bonds is 19. The molecule has 2 aromatic carbocycles. The van der Waals surface area contributed by atoms with Crippen molar-refractivity contribution in [3.63, 3.8) is 0 Å². The molecule has 62 heavy (non-hydrogen) atoms. The van der Waals surface area contributed by atoms with Crippen LogP contribution < -0.4 is 10.6 Å². The van der Waals surface area contributed by atoms with Crippen LogP contribution in [0.4, 0.5) is 23.3 Å². The van der Waals surface area contributed by atoms with Crippen molar-refractivity contribution in [2.45, 2.75) is 124 Å². The number of hydrogen-bond donors (Lipinski definition) is 4. The average molecular weight is 1000 g/mol. The average Bonchev–Trinajstić information content (AvgIpc) is 4.25. The molecule has 2 aliphatic rings. The molecule has 8 rings (SSSR count). The molecule has 4 N–H and O–H groups in total. The van der Waals surface area contributed by atoms with Crippen molar-refractivity contribution < 1.29 is 0 Å². The second-order valence-corrected chi connectivity index (χ2v) is 30.4. The summed E-state index contributed by atoms with van der Waals surface area (Å²) < 4.78 is 8.35. The summed E-state index contributed by atoms with van der Waals surface area (Å²) in [6.07, 6.45) is 23.5. The first-order chi connectivity index (χ1) is 30.4. The maximum atomic E-state index is 4.70. The Kier molecular flexibility index (Phi) is 18.4. The molecular weight excluding hydrogens is 939 g/mol. The van der Waals surface area contributed by atoms with Gasteiger partial charge in [-0.1, -0.05) is 72.8 Å². The Hall–Kier alpha value is -4.62. The number of anilines is 4. The fourth-order valence-electron chi connectivity index (χ4n) is 7.52. The number of H-pyrrole nitrogens is 2. The van der Waals surface area contributed by atoms with Crippen LogP contribution in [0.25, 0.3) is 28.9 Å². The molecule has 2 aliphatic carbocycles. The second-order valence-electron chi connectivity index (χ2n) is 16.5. The standard InChI is InChI=1S/C19H19N5.C16H14BrN5.3C4H9.C3H5.Sn/c1-2-6-15-12-20-18(14-7-4-3-5-8-14)22-19(15)21-17-11-16(23-24-17)13-9-10-13;17-12-9-18-15(11-4-2-1-3-5-11)20-16(12)19-14-8-13(21-22-14)10-6-7-10;3*1-3-4-2;1-3-2;/h2-8,11-13H,9-10H2,1H3,(H2,20,21,22,23,24);1-5,8-10H,6-7H2,(H2,18,19,20,21,22);3*1,3-4H2,2H3;1,3H,2H3;/b6-2+;;;;;;. The van der Waals surface area contributed by atoms with Gasteiger partial charge in [0.05, 0.1) is 4.47 Å².